The van der Waals surface area contributed by atoms with Crippen LogP contribution in [0.1, 0.15) is 32.0 Å². The molecule has 2 heterocycles. The quantitative estimate of drug-likeness (QED) is 0.842. The lowest BCUT2D eigenvalue weighted by molar-refractivity contribution is -0.127. The number of rotatable bonds is 4. The zero-order valence-corrected chi connectivity index (χ0v) is 15.8. The van der Waals surface area contributed by atoms with Gasteiger partial charge in [-0.05, 0) is 41.9 Å². The number of amides is 2. The van der Waals surface area contributed by atoms with Crippen LogP contribution in [0.2, 0.25) is 0 Å². The highest BCUT2D eigenvalue weighted by Crippen LogP contribution is 2.31. The molecule has 0 saturated carbocycles. The lowest BCUT2D eigenvalue weighted by atomic mass is 10.0. The fourth-order valence-electron chi connectivity index (χ4n) is 2.81. The number of anilines is 1. The first-order chi connectivity index (χ1) is 11.8. The number of aryl methyl sites for hydroxylation is 1. The van der Waals surface area contributed by atoms with Crippen molar-refractivity contribution in [2.24, 2.45) is 5.92 Å². The monoisotopic (exact) mass is 406 g/mol. The lowest BCUT2D eigenvalue weighted by Gasteiger charge is -2.24. The Morgan fingerprint density at radius 1 is 1.40 bits per heavy atom. The summed E-state index contributed by atoms with van der Waals surface area (Å²) in [7, 11) is 0. The third-order valence-corrected chi connectivity index (χ3v) is 4.83. The Labute approximate surface area is 153 Å². The smallest absolute Gasteiger partial charge is 0.227 e. The van der Waals surface area contributed by atoms with E-state index >= 15 is 0 Å². The first-order valence-electron chi connectivity index (χ1n) is 7.95. The van der Waals surface area contributed by atoms with E-state index < -0.39 is 11.5 Å². The number of hydrogen-bond donors (Lipinski definition) is 1. The maximum Gasteiger partial charge on any atom is 0.227 e. The van der Waals surface area contributed by atoms with Gasteiger partial charge in [0.2, 0.25) is 17.7 Å². The maximum atomic E-state index is 12.7. The minimum absolute atomic E-state index is 0.0692. The minimum Gasteiger partial charge on any atom is -0.343 e. The van der Waals surface area contributed by atoms with Crippen LogP contribution < -0.4 is 10.2 Å². The molecule has 7 nitrogen and oxygen atoms in total. The van der Waals surface area contributed by atoms with E-state index in [0.717, 1.165) is 10.2 Å². The zero-order chi connectivity index (χ0) is 18.2. The summed E-state index contributed by atoms with van der Waals surface area (Å²) in [5.74, 6) is 0.154. The second-order valence-electron chi connectivity index (χ2n) is 6.61. The summed E-state index contributed by atoms with van der Waals surface area (Å²) in [6.07, 6.45) is 0.175. The average Bonchev–Trinajstić information content (AvgIpc) is 3.14. The second kappa shape index (κ2) is 6.59. The first-order valence-corrected chi connectivity index (χ1v) is 8.75. The van der Waals surface area contributed by atoms with Gasteiger partial charge in [-0.3, -0.25) is 9.59 Å². The predicted octanol–water partition coefficient (Wildman–Crippen LogP) is 2.54. The van der Waals surface area contributed by atoms with Crippen LogP contribution >= 0.6 is 15.9 Å². The normalized spacial score (nSPS) is 17.8. The molecule has 0 spiro atoms. The van der Waals surface area contributed by atoms with E-state index in [-0.39, 0.29) is 18.2 Å². The first kappa shape index (κ1) is 17.6. The van der Waals surface area contributed by atoms with Crippen LogP contribution in [0.5, 0.6) is 0 Å². The van der Waals surface area contributed by atoms with Gasteiger partial charge in [-0.15, -0.1) is 0 Å². The van der Waals surface area contributed by atoms with Gasteiger partial charge in [0.25, 0.3) is 0 Å². The summed E-state index contributed by atoms with van der Waals surface area (Å²) in [5.41, 5.74) is -0.00519. The molecular formula is C17H19BrN4O3. The molecule has 1 aliphatic rings. The number of hydrogen-bond acceptors (Lipinski definition) is 5. The number of carbonyl (C=O) groups is 2. The van der Waals surface area contributed by atoms with Gasteiger partial charge in [-0.25, -0.2) is 0 Å². The third kappa shape index (κ3) is 3.58. The van der Waals surface area contributed by atoms with Crippen LogP contribution in [0.25, 0.3) is 0 Å². The molecule has 2 aromatic rings. The molecule has 2 amide bonds. The van der Waals surface area contributed by atoms with Crippen LogP contribution in [0.4, 0.5) is 5.69 Å². The van der Waals surface area contributed by atoms with Gasteiger partial charge in [0.1, 0.15) is 0 Å². The summed E-state index contributed by atoms with van der Waals surface area (Å²) in [6, 6.07) is 7.47. The van der Waals surface area contributed by atoms with Crippen LogP contribution in [0.15, 0.2) is 33.3 Å². The van der Waals surface area contributed by atoms with E-state index in [1.54, 1.807) is 25.7 Å². The topological polar surface area (TPSA) is 88.3 Å². The van der Waals surface area contributed by atoms with Gasteiger partial charge in [0.15, 0.2) is 5.82 Å². The standard InChI is InChI=1S/C17H19BrN4O3/c1-10-19-16(21-25-10)17(2,3)20-15(24)11-8-14(23)22(9-11)13-7-5-4-6-12(13)18/h4-7,11H,8-9H2,1-3H3,(H,20,24). The number of halogens is 1. The van der Waals surface area contributed by atoms with Crippen molar-refractivity contribution in [2.75, 3.05) is 11.4 Å². The molecule has 25 heavy (non-hydrogen) atoms. The number of benzene rings is 1. The molecule has 0 bridgehead atoms. The Bertz CT molecular complexity index is 818. The molecule has 132 valence electrons. The van der Waals surface area contributed by atoms with Gasteiger partial charge >= 0.3 is 0 Å². The molecule has 1 atom stereocenters. The Balaban J connectivity index is 1.72. The minimum atomic E-state index is -0.779. The highest BCUT2D eigenvalue weighted by molar-refractivity contribution is 9.10. The summed E-state index contributed by atoms with van der Waals surface area (Å²) in [5, 5.41) is 6.79. The molecule has 0 aliphatic carbocycles. The number of para-hydroxylation sites is 1. The summed E-state index contributed by atoms with van der Waals surface area (Å²) in [6.45, 7) is 5.64. The Hall–Kier alpha value is -2.22. The van der Waals surface area contributed by atoms with Crippen molar-refractivity contribution in [2.45, 2.75) is 32.7 Å². The number of aromatic nitrogens is 2. The molecule has 1 fully saturated rings. The second-order valence-corrected chi connectivity index (χ2v) is 7.46. The molecule has 1 aromatic heterocycles. The molecule has 1 unspecified atom stereocenters. The SMILES string of the molecule is Cc1nc(C(C)(C)NC(=O)C2CC(=O)N(c3ccccc3Br)C2)no1. The molecule has 1 N–H and O–H groups in total. The fourth-order valence-corrected chi connectivity index (χ4v) is 3.30. The van der Waals surface area contributed by atoms with E-state index in [1.165, 1.54) is 0 Å². The molecular weight excluding hydrogens is 388 g/mol. The zero-order valence-electron chi connectivity index (χ0n) is 14.2. The number of nitrogens with one attached hydrogen (secondary N) is 1. The van der Waals surface area contributed by atoms with E-state index in [0.29, 0.717) is 18.3 Å². The van der Waals surface area contributed by atoms with Crippen molar-refractivity contribution in [1.29, 1.82) is 0 Å². The summed E-state index contributed by atoms with van der Waals surface area (Å²) in [4.78, 5) is 30.8. The van der Waals surface area contributed by atoms with Crippen molar-refractivity contribution in [1.82, 2.24) is 15.5 Å². The van der Waals surface area contributed by atoms with Crippen molar-refractivity contribution in [3.8, 4) is 0 Å². The van der Waals surface area contributed by atoms with Crippen LogP contribution in [0, 0.1) is 12.8 Å². The van der Waals surface area contributed by atoms with Crippen molar-refractivity contribution in [3.05, 3.63) is 40.5 Å². The Morgan fingerprint density at radius 3 is 2.76 bits per heavy atom. The van der Waals surface area contributed by atoms with Gasteiger partial charge in [0.05, 0.1) is 17.1 Å². The third-order valence-electron chi connectivity index (χ3n) is 4.16. The molecule has 1 saturated heterocycles. The van der Waals surface area contributed by atoms with Gasteiger partial charge in [-0.2, -0.15) is 4.98 Å². The molecule has 3 rings (SSSR count). The van der Waals surface area contributed by atoms with Crippen molar-refractivity contribution >= 4 is 33.4 Å². The lowest BCUT2D eigenvalue weighted by Crippen LogP contribution is -2.45. The van der Waals surface area contributed by atoms with Gasteiger partial charge < -0.3 is 14.7 Å². The predicted molar refractivity (Wildman–Crippen MR) is 94.8 cm³/mol. The summed E-state index contributed by atoms with van der Waals surface area (Å²) < 4.78 is 5.81. The van der Waals surface area contributed by atoms with E-state index in [2.05, 4.69) is 31.4 Å². The molecule has 0 radical (unpaired) electrons. The average molecular weight is 407 g/mol. The van der Waals surface area contributed by atoms with Crippen molar-refractivity contribution in [3.63, 3.8) is 0 Å². The van der Waals surface area contributed by atoms with Crippen LogP contribution in [0.3, 0.4) is 0 Å². The molecule has 1 aliphatic heterocycles. The van der Waals surface area contributed by atoms with Crippen LogP contribution in [-0.4, -0.2) is 28.5 Å². The number of carbonyl (C=O) groups excluding carboxylic acids is 2. The fraction of sp³-hybridized carbons (Fsp3) is 0.412. The van der Waals surface area contributed by atoms with Gasteiger partial charge in [0, 0.05) is 24.4 Å². The maximum absolute atomic E-state index is 12.7. The van der Waals surface area contributed by atoms with Gasteiger partial charge in [-0.1, -0.05) is 17.3 Å². The van der Waals surface area contributed by atoms with E-state index in [4.69, 9.17) is 4.52 Å². The van der Waals surface area contributed by atoms with Crippen molar-refractivity contribution < 1.29 is 14.1 Å². The molecule has 1 aromatic carbocycles. The van der Waals surface area contributed by atoms with Crippen LogP contribution in [-0.2, 0) is 15.1 Å². The number of nitrogens with zero attached hydrogens (tertiary/aromatic N) is 3. The summed E-state index contributed by atoms with van der Waals surface area (Å²) >= 11 is 3.45. The highest BCUT2D eigenvalue weighted by Gasteiger charge is 2.38. The van der Waals surface area contributed by atoms with E-state index in [9.17, 15) is 9.59 Å². The molecule has 8 heteroatoms. The van der Waals surface area contributed by atoms with E-state index in [1.807, 2.05) is 24.3 Å². The Morgan fingerprint density at radius 2 is 2.12 bits per heavy atom. The largest absolute Gasteiger partial charge is 0.343 e. The Kier molecular flexibility index (Phi) is 4.64. The highest BCUT2D eigenvalue weighted by atomic mass is 79.9.